The summed E-state index contributed by atoms with van der Waals surface area (Å²) in [5, 5.41) is 8.07. The van der Waals surface area contributed by atoms with Gasteiger partial charge in [-0.15, -0.1) is 0 Å². The molecular weight excluding hydrogens is 166 g/mol. The molecule has 0 saturated heterocycles. The maximum atomic E-state index is 10.5. The second-order valence-corrected chi connectivity index (χ2v) is 1.73. The number of amides is 1. The second-order valence-electron chi connectivity index (χ2n) is 1.73. The van der Waals surface area contributed by atoms with E-state index in [0.717, 1.165) is 13.0 Å². The van der Waals surface area contributed by atoms with E-state index in [2.05, 4.69) is 4.84 Å². The Morgan fingerprint density at radius 1 is 1.33 bits per heavy atom. The van der Waals surface area contributed by atoms with Gasteiger partial charge in [0.05, 0.1) is 0 Å². The molecule has 0 bridgehead atoms. The number of hydroxylamine groups is 1. The van der Waals surface area contributed by atoms with Gasteiger partial charge in [-0.05, 0) is 0 Å². The highest BCUT2D eigenvalue weighted by molar-refractivity contribution is 5.93. The third-order valence-corrected chi connectivity index (χ3v) is 0.673. The fourth-order valence-corrected chi connectivity index (χ4v) is 0.303. The number of nitrogens with one attached hydrogen (secondary N) is 1. The molecule has 1 amide bonds. The first-order chi connectivity index (χ1) is 5.52. The Morgan fingerprint density at radius 3 is 2.33 bits per heavy atom. The minimum atomic E-state index is -1.26. The molecule has 0 rings (SSSR count). The molecule has 6 nitrogen and oxygen atoms in total. The summed E-state index contributed by atoms with van der Waals surface area (Å²) >= 11 is 0. The van der Waals surface area contributed by atoms with Crippen LogP contribution < -0.4 is 5.48 Å². The van der Waals surface area contributed by atoms with E-state index in [9.17, 15) is 14.4 Å². The van der Waals surface area contributed by atoms with Gasteiger partial charge in [0.25, 0.3) is 5.91 Å². The predicted octanol–water partition coefficient (Wildman–Crippen LogP) is -0.778. The van der Waals surface area contributed by atoms with E-state index < -0.39 is 17.8 Å². The van der Waals surface area contributed by atoms with Gasteiger partial charge < -0.3 is 9.94 Å². The highest BCUT2D eigenvalue weighted by Gasteiger charge is 1.97. The van der Waals surface area contributed by atoms with Gasteiger partial charge in [-0.3, -0.25) is 9.59 Å². The molecule has 0 radical (unpaired) electrons. The summed E-state index contributed by atoms with van der Waals surface area (Å²) in [6, 6.07) is 0. The quantitative estimate of drug-likeness (QED) is 0.422. The molecule has 12 heavy (non-hydrogen) atoms. The Labute approximate surface area is 67.8 Å². The van der Waals surface area contributed by atoms with E-state index in [1.165, 1.54) is 0 Å². The van der Waals surface area contributed by atoms with Crippen molar-refractivity contribution >= 4 is 17.8 Å². The van der Waals surface area contributed by atoms with Crippen molar-refractivity contribution in [2.24, 2.45) is 0 Å². The lowest BCUT2D eigenvalue weighted by molar-refractivity contribution is -0.154. The fourth-order valence-electron chi connectivity index (χ4n) is 0.303. The molecular formula is C6H7NO5. The number of aliphatic carboxylic acids is 1. The smallest absolute Gasteiger partial charge is 0.329 e. The molecule has 0 fully saturated rings. The minimum absolute atomic E-state index is 0.624. The molecule has 0 spiro atoms. The predicted molar refractivity (Wildman–Crippen MR) is 36.7 cm³/mol. The molecule has 0 aliphatic rings. The average molecular weight is 173 g/mol. The van der Waals surface area contributed by atoms with Crippen molar-refractivity contribution in [2.75, 3.05) is 0 Å². The van der Waals surface area contributed by atoms with Gasteiger partial charge in [0.1, 0.15) is 0 Å². The number of hydrogen-bond donors (Lipinski definition) is 2. The van der Waals surface area contributed by atoms with Gasteiger partial charge in [-0.2, -0.15) is 5.48 Å². The van der Waals surface area contributed by atoms with Crippen molar-refractivity contribution in [3.05, 3.63) is 12.2 Å². The molecule has 0 aromatic carbocycles. The van der Waals surface area contributed by atoms with Crippen LogP contribution in [0.15, 0.2) is 12.2 Å². The third kappa shape index (κ3) is 6.27. The zero-order valence-electron chi connectivity index (χ0n) is 6.23. The van der Waals surface area contributed by atoms with Crippen LogP contribution in [0.3, 0.4) is 0 Å². The summed E-state index contributed by atoms with van der Waals surface area (Å²) in [6.45, 7) is 1.10. The van der Waals surface area contributed by atoms with Crippen molar-refractivity contribution in [1.29, 1.82) is 0 Å². The van der Waals surface area contributed by atoms with Crippen LogP contribution in [0.5, 0.6) is 0 Å². The van der Waals surface area contributed by atoms with Gasteiger partial charge in [0.2, 0.25) is 0 Å². The zero-order chi connectivity index (χ0) is 9.56. The largest absolute Gasteiger partial charge is 0.478 e. The topological polar surface area (TPSA) is 92.7 Å². The molecule has 6 heteroatoms. The maximum Gasteiger partial charge on any atom is 0.329 e. The maximum absolute atomic E-state index is 10.5. The summed E-state index contributed by atoms with van der Waals surface area (Å²) < 4.78 is 0. The lowest BCUT2D eigenvalue weighted by atomic mass is 10.5. The number of rotatable bonds is 2. The Balaban J connectivity index is 3.75. The van der Waals surface area contributed by atoms with Crippen LogP contribution in [-0.4, -0.2) is 23.0 Å². The highest BCUT2D eigenvalue weighted by Crippen LogP contribution is 1.75. The van der Waals surface area contributed by atoms with Crippen molar-refractivity contribution in [3.63, 3.8) is 0 Å². The first kappa shape index (κ1) is 10.2. The van der Waals surface area contributed by atoms with E-state index >= 15 is 0 Å². The van der Waals surface area contributed by atoms with Gasteiger partial charge >= 0.3 is 11.9 Å². The van der Waals surface area contributed by atoms with Crippen LogP contribution in [0.25, 0.3) is 0 Å². The lowest BCUT2D eigenvalue weighted by Crippen LogP contribution is -2.23. The van der Waals surface area contributed by atoms with Gasteiger partial charge in [0, 0.05) is 19.1 Å². The monoisotopic (exact) mass is 173 g/mol. The Morgan fingerprint density at radius 2 is 1.92 bits per heavy atom. The number of hydrogen-bond acceptors (Lipinski definition) is 4. The van der Waals surface area contributed by atoms with Crippen LogP contribution in [0, 0.1) is 0 Å². The number of carboxylic acids is 1. The molecule has 0 saturated carbocycles. The SMILES string of the molecule is CC(=O)ONC(=O)/C=C\C(=O)O. The number of carbonyl (C=O) groups excluding carboxylic acids is 2. The molecule has 0 aliphatic carbocycles. The van der Waals surface area contributed by atoms with Crippen molar-refractivity contribution in [2.45, 2.75) is 6.92 Å². The van der Waals surface area contributed by atoms with Crippen LogP contribution in [0.4, 0.5) is 0 Å². The van der Waals surface area contributed by atoms with Crippen LogP contribution in [-0.2, 0) is 19.2 Å². The molecule has 0 atom stereocenters. The second kappa shape index (κ2) is 4.89. The first-order valence-electron chi connectivity index (χ1n) is 2.90. The Hall–Kier alpha value is -1.85. The van der Waals surface area contributed by atoms with Crippen molar-refractivity contribution < 1.29 is 24.3 Å². The van der Waals surface area contributed by atoms with Crippen LogP contribution >= 0.6 is 0 Å². The Bertz CT molecular complexity index is 232. The molecule has 0 heterocycles. The van der Waals surface area contributed by atoms with E-state index in [1.807, 2.05) is 0 Å². The molecule has 0 aromatic heterocycles. The normalized spacial score (nSPS) is 9.42. The average Bonchev–Trinajstić information content (AvgIpc) is 1.96. The van der Waals surface area contributed by atoms with Crippen molar-refractivity contribution in [1.82, 2.24) is 5.48 Å². The van der Waals surface area contributed by atoms with Gasteiger partial charge in [-0.1, -0.05) is 0 Å². The summed E-state index contributed by atoms with van der Waals surface area (Å²) in [7, 11) is 0. The van der Waals surface area contributed by atoms with E-state index in [0.29, 0.717) is 6.08 Å². The Kier molecular flexibility index (Phi) is 4.13. The highest BCUT2D eigenvalue weighted by atomic mass is 16.7. The summed E-state index contributed by atoms with van der Waals surface area (Å²) in [5.74, 6) is -2.76. The minimum Gasteiger partial charge on any atom is -0.478 e. The van der Waals surface area contributed by atoms with E-state index in [4.69, 9.17) is 5.11 Å². The summed E-state index contributed by atoms with van der Waals surface area (Å²) in [4.78, 5) is 34.5. The van der Waals surface area contributed by atoms with E-state index in [1.54, 1.807) is 5.48 Å². The molecule has 0 unspecified atom stereocenters. The summed E-state index contributed by atoms with van der Waals surface area (Å²) in [5.41, 5.74) is 1.70. The van der Waals surface area contributed by atoms with Gasteiger partial charge in [0.15, 0.2) is 0 Å². The van der Waals surface area contributed by atoms with Crippen molar-refractivity contribution in [3.8, 4) is 0 Å². The number of carboxylic acid groups (broad SMARTS) is 1. The fraction of sp³-hybridized carbons (Fsp3) is 0.167. The molecule has 66 valence electrons. The standard InChI is InChI=1S/C6H7NO5/c1-4(8)12-7-5(9)2-3-6(10)11/h2-3H,1H3,(H,7,9)(H,10,11)/b3-2-. The van der Waals surface area contributed by atoms with Gasteiger partial charge in [-0.25, -0.2) is 4.79 Å². The number of carbonyl (C=O) groups is 3. The zero-order valence-corrected chi connectivity index (χ0v) is 6.23. The summed E-state index contributed by atoms with van der Waals surface area (Å²) in [6.07, 6.45) is 1.35. The first-order valence-corrected chi connectivity index (χ1v) is 2.90. The third-order valence-electron chi connectivity index (χ3n) is 0.673. The lowest BCUT2D eigenvalue weighted by Gasteiger charge is -1.97. The van der Waals surface area contributed by atoms with Crippen LogP contribution in [0.1, 0.15) is 6.92 Å². The molecule has 0 aromatic rings. The molecule has 2 N–H and O–H groups in total. The van der Waals surface area contributed by atoms with Crippen LogP contribution in [0.2, 0.25) is 0 Å². The van der Waals surface area contributed by atoms with E-state index in [-0.39, 0.29) is 0 Å². The molecule has 0 aliphatic heterocycles.